The fourth-order valence-corrected chi connectivity index (χ4v) is 3.55. The summed E-state index contributed by atoms with van der Waals surface area (Å²) in [4.78, 5) is 28.6. The minimum Gasteiger partial charge on any atom is -0.469 e. The van der Waals surface area contributed by atoms with Crippen molar-refractivity contribution in [2.45, 2.75) is 57.7 Å². The van der Waals surface area contributed by atoms with Crippen molar-refractivity contribution >= 4 is 11.8 Å². The first-order valence-electron chi connectivity index (χ1n) is 7.74. The van der Waals surface area contributed by atoms with E-state index in [1.165, 1.54) is 0 Å². The molecule has 5 nitrogen and oxygen atoms in total. The second kappa shape index (κ2) is 5.54. The molecule has 0 radical (unpaired) electrons. The van der Waals surface area contributed by atoms with Gasteiger partial charge >= 0.3 is 0 Å². The number of piperazine rings is 1. The molecular formula is C16H22N2O3. The van der Waals surface area contributed by atoms with Crippen LogP contribution in [0.1, 0.15) is 38.9 Å². The molecule has 3 heterocycles. The molecule has 114 valence electrons. The first-order valence-corrected chi connectivity index (χ1v) is 7.74. The van der Waals surface area contributed by atoms with Crippen molar-refractivity contribution in [3.8, 4) is 0 Å². The number of carbonyl (C=O) groups excluding carboxylic acids is 2. The molecule has 3 atom stereocenters. The van der Waals surface area contributed by atoms with Crippen molar-refractivity contribution in [3.05, 3.63) is 24.2 Å². The Morgan fingerprint density at radius 3 is 2.90 bits per heavy atom. The van der Waals surface area contributed by atoms with Crippen LogP contribution in [0, 0.1) is 0 Å². The van der Waals surface area contributed by atoms with E-state index in [-0.39, 0.29) is 29.9 Å². The van der Waals surface area contributed by atoms with Gasteiger partial charge in [0.25, 0.3) is 0 Å². The maximum Gasteiger partial charge on any atom is 0.246 e. The number of hydrogen-bond acceptors (Lipinski definition) is 3. The molecule has 0 aromatic carbocycles. The van der Waals surface area contributed by atoms with Crippen molar-refractivity contribution in [2.24, 2.45) is 0 Å². The van der Waals surface area contributed by atoms with Gasteiger partial charge in [-0.25, -0.2) is 0 Å². The first kappa shape index (κ1) is 14.2. The molecule has 3 unspecified atom stereocenters. The molecule has 2 fully saturated rings. The average molecular weight is 290 g/mol. The third kappa shape index (κ3) is 2.45. The van der Waals surface area contributed by atoms with Gasteiger partial charge in [0.15, 0.2) is 0 Å². The summed E-state index contributed by atoms with van der Waals surface area (Å²) in [5.74, 6) is 1.14. The molecule has 1 aromatic heterocycles. The highest BCUT2D eigenvalue weighted by Crippen LogP contribution is 2.29. The molecule has 0 spiro atoms. The van der Waals surface area contributed by atoms with Crippen LogP contribution in [0.4, 0.5) is 0 Å². The predicted octanol–water partition coefficient (Wildman–Crippen LogP) is 1.82. The number of aryl methyl sites for hydroxylation is 1. The van der Waals surface area contributed by atoms with E-state index in [1.807, 2.05) is 26.0 Å². The fourth-order valence-electron chi connectivity index (χ4n) is 3.55. The predicted molar refractivity (Wildman–Crippen MR) is 77.5 cm³/mol. The van der Waals surface area contributed by atoms with Gasteiger partial charge in [0.1, 0.15) is 17.8 Å². The third-order valence-electron chi connectivity index (χ3n) is 4.71. The Hall–Kier alpha value is -1.78. The summed E-state index contributed by atoms with van der Waals surface area (Å²) in [6.45, 7) is 4.60. The molecular weight excluding hydrogens is 268 g/mol. The van der Waals surface area contributed by atoms with Gasteiger partial charge in [-0.15, -0.1) is 0 Å². The van der Waals surface area contributed by atoms with E-state index in [9.17, 15) is 9.59 Å². The second-order valence-electron chi connectivity index (χ2n) is 6.08. The second-order valence-corrected chi connectivity index (χ2v) is 6.08. The highest BCUT2D eigenvalue weighted by molar-refractivity contribution is 5.97. The van der Waals surface area contributed by atoms with E-state index < -0.39 is 0 Å². The number of rotatable bonds is 4. The lowest BCUT2D eigenvalue weighted by molar-refractivity contribution is -0.161. The van der Waals surface area contributed by atoms with Crippen LogP contribution in [0.25, 0.3) is 0 Å². The van der Waals surface area contributed by atoms with Crippen LogP contribution < -0.4 is 0 Å². The SMILES string of the molecule is CC(CCc1ccco1)N1C(=O)C2CCCN2C(=O)C1C. The smallest absolute Gasteiger partial charge is 0.246 e. The van der Waals surface area contributed by atoms with Crippen LogP contribution in [0.2, 0.25) is 0 Å². The van der Waals surface area contributed by atoms with Crippen LogP contribution in [0.5, 0.6) is 0 Å². The lowest BCUT2D eigenvalue weighted by Crippen LogP contribution is -2.63. The van der Waals surface area contributed by atoms with Crippen molar-refractivity contribution in [1.82, 2.24) is 9.80 Å². The summed E-state index contributed by atoms with van der Waals surface area (Å²) < 4.78 is 5.34. The maximum atomic E-state index is 12.7. The van der Waals surface area contributed by atoms with Gasteiger partial charge in [-0.1, -0.05) is 0 Å². The Labute approximate surface area is 124 Å². The summed E-state index contributed by atoms with van der Waals surface area (Å²) in [5, 5.41) is 0. The quantitative estimate of drug-likeness (QED) is 0.850. The van der Waals surface area contributed by atoms with Crippen LogP contribution in [-0.2, 0) is 16.0 Å². The summed E-state index contributed by atoms with van der Waals surface area (Å²) >= 11 is 0. The zero-order valence-electron chi connectivity index (χ0n) is 12.6. The summed E-state index contributed by atoms with van der Waals surface area (Å²) in [6.07, 6.45) is 4.99. The molecule has 0 bridgehead atoms. The Balaban J connectivity index is 1.70. The van der Waals surface area contributed by atoms with Crippen LogP contribution in [-0.4, -0.2) is 46.3 Å². The Morgan fingerprint density at radius 2 is 2.19 bits per heavy atom. The number of hydrogen-bond donors (Lipinski definition) is 0. The normalized spacial score (nSPS) is 27.1. The fraction of sp³-hybridized carbons (Fsp3) is 0.625. The van der Waals surface area contributed by atoms with E-state index in [1.54, 1.807) is 16.1 Å². The summed E-state index contributed by atoms with van der Waals surface area (Å²) in [7, 11) is 0. The summed E-state index contributed by atoms with van der Waals surface area (Å²) in [6, 6.07) is 3.29. The minimum absolute atomic E-state index is 0.0456. The number of furan rings is 1. The maximum absolute atomic E-state index is 12.7. The Morgan fingerprint density at radius 1 is 1.38 bits per heavy atom. The van der Waals surface area contributed by atoms with Gasteiger partial charge in [-0.3, -0.25) is 9.59 Å². The average Bonchev–Trinajstić information content (AvgIpc) is 3.14. The van der Waals surface area contributed by atoms with Crippen molar-refractivity contribution in [3.63, 3.8) is 0 Å². The van der Waals surface area contributed by atoms with Gasteiger partial charge < -0.3 is 14.2 Å². The van der Waals surface area contributed by atoms with E-state index in [2.05, 4.69) is 0 Å². The zero-order chi connectivity index (χ0) is 15.0. The lowest BCUT2D eigenvalue weighted by atomic mass is 10.0. The first-order chi connectivity index (χ1) is 10.1. The Kier molecular flexibility index (Phi) is 3.74. The van der Waals surface area contributed by atoms with E-state index in [0.717, 1.165) is 38.0 Å². The molecule has 5 heteroatoms. The van der Waals surface area contributed by atoms with Crippen molar-refractivity contribution in [2.75, 3.05) is 6.54 Å². The van der Waals surface area contributed by atoms with Gasteiger partial charge in [0.2, 0.25) is 11.8 Å². The van der Waals surface area contributed by atoms with Crippen molar-refractivity contribution < 1.29 is 14.0 Å². The highest BCUT2D eigenvalue weighted by Gasteiger charge is 2.47. The summed E-state index contributed by atoms with van der Waals surface area (Å²) in [5.41, 5.74) is 0. The Bertz CT molecular complexity index is 526. The molecule has 0 saturated carbocycles. The molecule has 2 saturated heterocycles. The topological polar surface area (TPSA) is 53.8 Å². The highest BCUT2D eigenvalue weighted by atomic mass is 16.3. The van der Waals surface area contributed by atoms with Crippen LogP contribution >= 0.6 is 0 Å². The van der Waals surface area contributed by atoms with E-state index in [4.69, 9.17) is 4.42 Å². The number of carbonyl (C=O) groups is 2. The van der Waals surface area contributed by atoms with E-state index in [0.29, 0.717) is 0 Å². The van der Waals surface area contributed by atoms with Crippen LogP contribution in [0.15, 0.2) is 22.8 Å². The molecule has 0 N–H and O–H groups in total. The molecule has 2 amide bonds. The zero-order valence-corrected chi connectivity index (χ0v) is 12.6. The molecule has 3 rings (SSSR count). The standard InChI is InChI=1S/C16H22N2O3/c1-11(7-8-13-5-4-10-21-13)18-12(2)15(19)17-9-3-6-14(17)16(18)20/h4-5,10-12,14H,3,6-9H2,1-2H3. The van der Waals surface area contributed by atoms with Gasteiger partial charge in [0.05, 0.1) is 6.26 Å². The van der Waals surface area contributed by atoms with Gasteiger partial charge in [-0.2, -0.15) is 0 Å². The van der Waals surface area contributed by atoms with Gasteiger partial charge in [0, 0.05) is 19.0 Å². The van der Waals surface area contributed by atoms with Crippen molar-refractivity contribution in [1.29, 1.82) is 0 Å². The largest absolute Gasteiger partial charge is 0.469 e. The molecule has 2 aliphatic heterocycles. The lowest BCUT2D eigenvalue weighted by Gasteiger charge is -2.43. The number of amides is 2. The number of nitrogens with zero attached hydrogens (tertiary/aromatic N) is 2. The number of fused-ring (bicyclic) bond motifs is 1. The molecule has 0 aliphatic carbocycles. The van der Waals surface area contributed by atoms with Crippen LogP contribution in [0.3, 0.4) is 0 Å². The monoisotopic (exact) mass is 290 g/mol. The molecule has 21 heavy (non-hydrogen) atoms. The minimum atomic E-state index is -0.349. The molecule has 1 aromatic rings. The third-order valence-corrected chi connectivity index (χ3v) is 4.71. The van der Waals surface area contributed by atoms with Gasteiger partial charge in [-0.05, 0) is 45.2 Å². The van der Waals surface area contributed by atoms with E-state index >= 15 is 0 Å². The molecule has 2 aliphatic rings.